The fourth-order valence-electron chi connectivity index (χ4n) is 9.94. The van der Waals surface area contributed by atoms with E-state index in [9.17, 15) is 0 Å². The summed E-state index contributed by atoms with van der Waals surface area (Å²) in [5.74, 6) is 1.64. The van der Waals surface area contributed by atoms with Crippen molar-refractivity contribution in [2.45, 2.75) is 120 Å². The van der Waals surface area contributed by atoms with E-state index in [2.05, 4.69) is 67.5 Å². The lowest BCUT2D eigenvalue weighted by atomic mass is 9.35. The predicted octanol–water partition coefficient (Wildman–Crippen LogP) is 9.12. The fraction of sp³-hybridized carbons (Fsp3) is 0.867. The van der Waals surface area contributed by atoms with Crippen molar-refractivity contribution in [2.75, 3.05) is 0 Å². The maximum Gasteiger partial charge on any atom is -0.00157 e. The van der Waals surface area contributed by atoms with Crippen molar-refractivity contribution in [1.29, 1.82) is 0 Å². The van der Waals surface area contributed by atoms with Gasteiger partial charge in [0, 0.05) is 0 Å². The largest absolute Gasteiger partial charge is 0.0800 e. The lowest BCUT2D eigenvalue weighted by Crippen LogP contribution is -2.61. The van der Waals surface area contributed by atoms with Crippen molar-refractivity contribution >= 4 is 0 Å². The van der Waals surface area contributed by atoms with Crippen LogP contribution in [0, 0.1) is 44.3 Å². The summed E-state index contributed by atoms with van der Waals surface area (Å²) in [4.78, 5) is 0. The van der Waals surface area contributed by atoms with Gasteiger partial charge < -0.3 is 0 Å². The van der Waals surface area contributed by atoms with Gasteiger partial charge in [-0.15, -0.1) is 0 Å². The maximum atomic E-state index is 2.75. The van der Waals surface area contributed by atoms with Gasteiger partial charge >= 0.3 is 0 Å². The minimum Gasteiger partial charge on any atom is -0.0800 e. The number of hydrogen-bond acceptors (Lipinski definition) is 0. The van der Waals surface area contributed by atoms with Crippen LogP contribution in [0.5, 0.6) is 0 Å². The molecule has 0 aromatic heterocycles. The molecule has 5 aliphatic carbocycles. The van der Waals surface area contributed by atoms with Gasteiger partial charge in [-0.05, 0) is 108 Å². The van der Waals surface area contributed by atoms with Crippen LogP contribution in [0.3, 0.4) is 0 Å². The average Bonchev–Trinajstić information content (AvgIpc) is 2.63. The van der Waals surface area contributed by atoms with E-state index >= 15 is 0 Å². The van der Waals surface area contributed by atoms with Crippen LogP contribution in [-0.4, -0.2) is 0 Å². The third kappa shape index (κ3) is 2.58. The third-order valence-electron chi connectivity index (χ3n) is 12.2. The lowest BCUT2D eigenvalue weighted by molar-refractivity contribution is -0.150. The minimum atomic E-state index is 0.365. The molecule has 168 valence electrons. The van der Waals surface area contributed by atoms with Crippen LogP contribution in [-0.2, 0) is 0 Å². The van der Waals surface area contributed by atoms with Gasteiger partial charge in [-0.25, -0.2) is 0 Å². The van der Waals surface area contributed by atoms with E-state index in [-0.39, 0.29) is 0 Å². The summed E-state index contributed by atoms with van der Waals surface area (Å²) in [6, 6.07) is 0. The molecule has 0 aromatic carbocycles. The highest BCUT2D eigenvalue weighted by molar-refractivity contribution is 5.45. The molecule has 1 unspecified atom stereocenters. The van der Waals surface area contributed by atoms with E-state index in [1.165, 1.54) is 64.2 Å². The Morgan fingerprint density at radius 2 is 1.47 bits per heavy atom. The smallest absolute Gasteiger partial charge is 0.00157 e. The second-order valence-corrected chi connectivity index (χ2v) is 14.8. The first-order chi connectivity index (χ1) is 13.8. The quantitative estimate of drug-likeness (QED) is 0.375. The molecule has 0 aromatic rings. The van der Waals surface area contributed by atoms with Crippen molar-refractivity contribution in [3.63, 3.8) is 0 Å². The molecular weight excluding hydrogens is 360 g/mol. The molecule has 3 fully saturated rings. The van der Waals surface area contributed by atoms with Crippen molar-refractivity contribution in [2.24, 2.45) is 44.3 Å². The van der Waals surface area contributed by atoms with Gasteiger partial charge in [0.05, 0.1) is 0 Å². The molecule has 6 atom stereocenters. The molecule has 3 saturated carbocycles. The van der Waals surface area contributed by atoms with E-state index in [0.717, 1.165) is 11.8 Å². The van der Waals surface area contributed by atoms with E-state index in [4.69, 9.17) is 0 Å². The first kappa shape index (κ1) is 21.3. The van der Waals surface area contributed by atoms with Crippen LogP contribution in [0.4, 0.5) is 0 Å². The van der Waals surface area contributed by atoms with Crippen LogP contribution in [0.15, 0.2) is 23.3 Å². The molecule has 0 nitrogen and oxygen atoms in total. The van der Waals surface area contributed by atoms with Gasteiger partial charge in [0.15, 0.2) is 0 Å². The Kier molecular flexibility index (Phi) is 4.32. The van der Waals surface area contributed by atoms with Crippen molar-refractivity contribution in [1.82, 2.24) is 0 Å². The lowest BCUT2D eigenvalue weighted by Gasteiger charge is -2.69. The minimum absolute atomic E-state index is 0.365. The Morgan fingerprint density at radius 3 is 2.20 bits per heavy atom. The topological polar surface area (TPSA) is 0 Å². The molecule has 5 rings (SSSR count). The molecule has 0 bridgehead atoms. The SMILES string of the molecule is CC1(C)CC[C@]2(C)CC[C@]3(C)C(=C2C1)C=C[C@@H]1[C@@]2(C)CCCC(C)(C)C2CC[C@]13C. The second kappa shape index (κ2) is 6.08. The number of fused-ring (bicyclic) bond motifs is 6. The molecule has 0 heterocycles. The zero-order chi connectivity index (χ0) is 21.8. The highest BCUT2D eigenvalue weighted by atomic mass is 14.7. The monoisotopic (exact) mass is 408 g/mol. The normalized spacial score (nSPS) is 51.5. The maximum absolute atomic E-state index is 2.75. The molecule has 30 heavy (non-hydrogen) atoms. The Labute approximate surface area is 187 Å². The van der Waals surface area contributed by atoms with Gasteiger partial charge in [0.25, 0.3) is 0 Å². The Balaban J connectivity index is 1.66. The van der Waals surface area contributed by atoms with Crippen LogP contribution >= 0.6 is 0 Å². The first-order valence-electron chi connectivity index (χ1n) is 13.2. The Hall–Kier alpha value is -0.520. The Morgan fingerprint density at radius 1 is 0.767 bits per heavy atom. The summed E-state index contributed by atoms with van der Waals surface area (Å²) in [5.41, 5.74) is 6.38. The van der Waals surface area contributed by atoms with Gasteiger partial charge in [-0.1, -0.05) is 79.5 Å². The highest BCUT2D eigenvalue weighted by Gasteiger charge is 2.65. The Bertz CT molecular complexity index is 808. The number of hydrogen-bond donors (Lipinski definition) is 0. The summed E-state index contributed by atoms with van der Waals surface area (Å²) >= 11 is 0. The van der Waals surface area contributed by atoms with E-state index in [1.54, 1.807) is 5.57 Å². The van der Waals surface area contributed by atoms with E-state index in [1.807, 2.05) is 5.57 Å². The summed E-state index contributed by atoms with van der Waals surface area (Å²) < 4.78 is 0. The summed E-state index contributed by atoms with van der Waals surface area (Å²) in [6.45, 7) is 20.9. The van der Waals surface area contributed by atoms with Crippen molar-refractivity contribution in [3.8, 4) is 0 Å². The van der Waals surface area contributed by atoms with Gasteiger partial charge in [0.1, 0.15) is 0 Å². The molecular formula is C30H48. The fourth-order valence-corrected chi connectivity index (χ4v) is 9.94. The standard InChI is InChI=1S/C30H48/c1-25(2)16-17-27(5)18-19-29(7)21(22(27)20-25)10-11-24-28(6)14-9-13-26(3,4)23(28)12-15-30(24,29)8/h10-11,23-24H,9,12-20H2,1-8H3/t23?,24-,27-,28+,29-,30-/m1/s1. The summed E-state index contributed by atoms with van der Waals surface area (Å²) in [7, 11) is 0. The van der Waals surface area contributed by atoms with Crippen molar-refractivity contribution < 1.29 is 0 Å². The van der Waals surface area contributed by atoms with Gasteiger partial charge in [-0.2, -0.15) is 0 Å². The van der Waals surface area contributed by atoms with Crippen LogP contribution in [0.1, 0.15) is 120 Å². The van der Waals surface area contributed by atoms with Crippen molar-refractivity contribution in [3.05, 3.63) is 23.3 Å². The first-order valence-corrected chi connectivity index (χ1v) is 13.2. The molecule has 0 heteroatoms. The highest BCUT2D eigenvalue weighted by Crippen LogP contribution is 2.74. The van der Waals surface area contributed by atoms with Crippen LogP contribution in [0.25, 0.3) is 0 Å². The molecule has 0 spiro atoms. The van der Waals surface area contributed by atoms with E-state index in [0.29, 0.717) is 32.5 Å². The second-order valence-electron chi connectivity index (χ2n) is 14.8. The van der Waals surface area contributed by atoms with Gasteiger partial charge in [-0.3, -0.25) is 0 Å². The summed E-state index contributed by atoms with van der Waals surface area (Å²) in [5, 5.41) is 0. The predicted molar refractivity (Wildman–Crippen MR) is 129 cm³/mol. The molecule has 0 aliphatic heterocycles. The third-order valence-corrected chi connectivity index (χ3v) is 12.2. The molecule has 0 radical (unpaired) electrons. The van der Waals surface area contributed by atoms with Crippen LogP contribution in [0.2, 0.25) is 0 Å². The molecule has 5 aliphatic rings. The molecule has 0 amide bonds. The van der Waals surface area contributed by atoms with E-state index < -0.39 is 0 Å². The zero-order valence-corrected chi connectivity index (χ0v) is 21.4. The number of rotatable bonds is 0. The molecule has 0 N–H and O–H groups in total. The molecule has 0 saturated heterocycles. The van der Waals surface area contributed by atoms with Crippen LogP contribution < -0.4 is 0 Å². The average molecular weight is 409 g/mol. The zero-order valence-electron chi connectivity index (χ0n) is 21.4. The van der Waals surface area contributed by atoms with Gasteiger partial charge in [0.2, 0.25) is 0 Å². The number of allylic oxidation sites excluding steroid dienone is 4. The summed E-state index contributed by atoms with van der Waals surface area (Å²) in [6.07, 6.45) is 19.6.